The molecule has 0 saturated carbocycles. The zero-order chi connectivity index (χ0) is 22.9. The first-order valence-electron chi connectivity index (χ1n) is 9.97. The molecule has 13 heteroatoms. The van der Waals surface area contributed by atoms with Crippen LogP contribution in [0, 0.1) is 0 Å². The van der Waals surface area contributed by atoms with Crippen LogP contribution in [0.25, 0.3) is 11.1 Å². The van der Waals surface area contributed by atoms with Gasteiger partial charge in [0.2, 0.25) is 10.0 Å². The third kappa shape index (κ3) is 4.55. The number of nitrogens with zero attached hydrogens (tertiary/aromatic N) is 4. The predicted molar refractivity (Wildman–Crippen MR) is 119 cm³/mol. The predicted octanol–water partition coefficient (Wildman–Crippen LogP) is 1.06. The number of amidine groups is 1. The number of aliphatic imine (C=N–C) groups is 1. The first kappa shape index (κ1) is 22.5. The van der Waals surface area contributed by atoms with Gasteiger partial charge in [0.25, 0.3) is 0 Å². The molecule has 1 aromatic heterocycles. The van der Waals surface area contributed by atoms with Crippen LogP contribution in [0.4, 0.5) is 5.82 Å². The van der Waals surface area contributed by atoms with Crippen LogP contribution in [0.2, 0.25) is 0 Å². The van der Waals surface area contributed by atoms with E-state index in [1.807, 2.05) is 0 Å². The molecule has 0 amide bonds. The van der Waals surface area contributed by atoms with Crippen molar-refractivity contribution in [2.45, 2.75) is 35.1 Å². The van der Waals surface area contributed by atoms with Crippen LogP contribution in [0.3, 0.4) is 0 Å². The lowest BCUT2D eigenvalue weighted by Crippen LogP contribution is -2.26. The molecule has 170 valence electrons. The van der Waals surface area contributed by atoms with E-state index in [9.17, 15) is 16.8 Å². The highest BCUT2D eigenvalue weighted by atomic mass is 32.2. The topological polar surface area (TPSA) is 182 Å². The van der Waals surface area contributed by atoms with Gasteiger partial charge < -0.3 is 11.1 Å². The number of benzene rings is 1. The molecule has 1 atom stereocenters. The Bertz CT molecular complexity index is 1300. The van der Waals surface area contributed by atoms with E-state index in [2.05, 4.69) is 25.5 Å². The van der Waals surface area contributed by atoms with Crippen LogP contribution in [0.15, 0.2) is 55.5 Å². The standard InChI is InChI=1S/C19H23N7O4S2/c20-16-6-3-12(10-23-16)14-4-5-15(31(27,28)9-7-13-2-1-8-22-13)18(32(21,29)30)17(14)19-24-11-25-26-19/h3-6,10,13,22H,1-2,7-9,11H2,(H2,20,23)(H2,21,29,30)/t13-/m1/s1. The van der Waals surface area contributed by atoms with E-state index in [0.29, 0.717) is 17.5 Å². The van der Waals surface area contributed by atoms with Crippen molar-refractivity contribution in [1.82, 2.24) is 10.3 Å². The number of nitrogen functional groups attached to an aromatic ring is 1. The van der Waals surface area contributed by atoms with Crippen LogP contribution in [0.1, 0.15) is 24.8 Å². The van der Waals surface area contributed by atoms with E-state index < -0.39 is 24.8 Å². The smallest absolute Gasteiger partial charge is 0.240 e. The van der Waals surface area contributed by atoms with Crippen molar-refractivity contribution in [3.63, 3.8) is 0 Å². The van der Waals surface area contributed by atoms with Gasteiger partial charge in [-0.05, 0) is 49.6 Å². The van der Waals surface area contributed by atoms with Crippen molar-refractivity contribution < 1.29 is 16.8 Å². The van der Waals surface area contributed by atoms with Gasteiger partial charge in [0.15, 0.2) is 22.3 Å². The second-order valence-corrected chi connectivity index (χ2v) is 11.2. The second kappa shape index (κ2) is 8.65. The average molecular weight is 478 g/mol. The number of sulfone groups is 1. The molecule has 1 saturated heterocycles. The first-order valence-corrected chi connectivity index (χ1v) is 13.2. The van der Waals surface area contributed by atoms with E-state index in [1.54, 1.807) is 12.1 Å². The van der Waals surface area contributed by atoms with Crippen LogP contribution >= 0.6 is 0 Å². The zero-order valence-electron chi connectivity index (χ0n) is 17.1. The summed E-state index contributed by atoms with van der Waals surface area (Å²) in [5.41, 5.74) is 6.51. The summed E-state index contributed by atoms with van der Waals surface area (Å²) in [7, 11) is -8.46. The molecule has 1 aromatic carbocycles. The molecule has 32 heavy (non-hydrogen) atoms. The van der Waals surface area contributed by atoms with Crippen LogP contribution in [0.5, 0.6) is 0 Å². The lowest BCUT2D eigenvalue weighted by molar-refractivity contribution is 0.559. The zero-order valence-corrected chi connectivity index (χ0v) is 18.7. The lowest BCUT2D eigenvalue weighted by Gasteiger charge is -2.17. The van der Waals surface area contributed by atoms with Crippen LogP contribution in [-0.2, 0) is 19.9 Å². The Balaban J connectivity index is 1.91. The number of rotatable bonds is 7. The molecular weight excluding hydrogens is 454 g/mol. The van der Waals surface area contributed by atoms with Crippen molar-refractivity contribution in [1.29, 1.82) is 0 Å². The Kier molecular flexibility index (Phi) is 6.07. The molecule has 0 unspecified atom stereocenters. The fraction of sp³-hybridized carbons (Fsp3) is 0.368. The van der Waals surface area contributed by atoms with Gasteiger partial charge in [-0.2, -0.15) is 5.11 Å². The van der Waals surface area contributed by atoms with Crippen LogP contribution < -0.4 is 16.2 Å². The fourth-order valence-electron chi connectivity index (χ4n) is 3.89. The second-order valence-electron chi connectivity index (χ2n) is 7.60. The average Bonchev–Trinajstić information content (AvgIpc) is 3.45. The molecule has 0 spiro atoms. The fourth-order valence-corrected chi connectivity index (χ4v) is 6.92. The third-order valence-electron chi connectivity index (χ3n) is 5.41. The molecule has 4 rings (SSSR count). The Labute approximate surface area is 186 Å². The number of hydrogen-bond donors (Lipinski definition) is 3. The number of pyridine rings is 1. The molecule has 11 nitrogen and oxygen atoms in total. The van der Waals surface area contributed by atoms with Crippen molar-refractivity contribution >= 4 is 31.5 Å². The molecule has 2 aliphatic heterocycles. The van der Waals surface area contributed by atoms with E-state index in [-0.39, 0.29) is 40.6 Å². The van der Waals surface area contributed by atoms with Crippen molar-refractivity contribution in [2.24, 2.45) is 20.4 Å². The van der Waals surface area contributed by atoms with E-state index in [1.165, 1.54) is 18.3 Å². The molecule has 0 bridgehead atoms. The molecular formula is C19H23N7O4S2. The Morgan fingerprint density at radius 3 is 2.53 bits per heavy atom. The summed E-state index contributed by atoms with van der Waals surface area (Å²) in [6.07, 6.45) is 3.68. The monoisotopic (exact) mass is 477 g/mol. The number of azo groups is 1. The quantitative estimate of drug-likeness (QED) is 0.532. The minimum Gasteiger partial charge on any atom is -0.384 e. The van der Waals surface area contributed by atoms with Gasteiger partial charge >= 0.3 is 0 Å². The normalized spacial score (nSPS) is 18.8. The molecule has 2 aromatic rings. The van der Waals surface area contributed by atoms with Gasteiger partial charge in [0.1, 0.15) is 10.7 Å². The highest BCUT2D eigenvalue weighted by molar-refractivity contribution is 7.93. The molecule has 5 N–H and O–H groups in total. The highest BCUT2D eigenvalue weighted by Crippen LogP contribution is 2.35. The highest BCUT2D eigenvalue weighted by Gasteiger charge is 2.33. The van der Waals surface area contributed by atoms with E-state index >= 15 is 0 Å². The summed E-state index contributed by atoms with van der Waals surface area (Å²) < 4.78 is 51.9. The number of anilines is 1. The van der Waals surface area contributed by atoms with Crippen molar-refractivity contribution in [3.8, 4) is 11.1 Å². The Morgan fingerprint density at radius 2 is 1.94 bits per heavy atom. The summed E-state index contributed by atoms with van der Waals surface area (Å²) in [5.74, 6) is 0.0542. The van der Waals surface area contributed by atoms with Crippen molar-refractivity contribution in [2.75, 3.05) is 24.7 Å². The molecule has 0 radical (unpaired) electrons. The Morgan fingerprint density at radius 1 is 1.12 bits per heavy atom. The summed E-state index contributed by atoms with van der Waals surface area (Å²) >= 11 is 0. The maximum Gasteiger partial charge on any atom is 0.240 e. The maximum atomic E-state index is 13.2. The first-order chi connectivity index (χ1) is 15.2. The maximum absolute atomic E-state index is 13.2. The molecule has 3 heterocycles. The third-order valence-corrected chi connectivity index (χ3v) is 8.31. The van der Waals surface area contributed by atoms with Crippen molar-refractivity contribution in [3.05, 3.63) is 36.0 Å². The summed E-state index contributed by atoms with van der Waals surface area (Å²) in [5, 5.41) is 16.5. The van der Waals surface area contributed by atoms with Gasteiger partial charge in [-0.3, -0.25) is 0 Å². The summed E-state index contributed by atoms with van der Waals surface area (Å²) in [6, 6.07) is 6.04. The SMILES string of the molecule is Nc1ccc(-c2ccc(S(=O)(=O)CC[C@H]3CCCN3)c(S(N)(=O)=O)c2C2=NCN=N2)cn1. The number of primary sulfonamides is 1. The van der Waals surface area contributed by atoms with Crippen LogP contribution in [-0.4, -0.2) is 52.7 Å². The van der Waals surface area contributed by atoms with Gasteiger partial charge in [0.05, 0.1) is 16.2 Å². The molecule has 2 aliphatic rings. The molecule has 0 aliphatic carbocycles. The van der Waals surface area contributed by atoms with Gasteiger partial charge in [-0.25, -0.2) is 32.0 Å². The minimum atomic E-state index is -4.48. The number of aromatic nitrogens is 1. The van der Waals surface area contributed by atoms with Gasteiger partial charge in [-0.1, -0.05) is 6.07 Å². The molecule has 1 fully saturated rings. The lowest BCUT2D eigenvalue weighted by atomic mass is 10.00. The summed E-state index contributed by atoms with van der Waals surface area (Å²) in [6.45, 7) is 0.843. The van der Waals surface area contributed by atoms with Gasteiger partial charge in [-0.15, -0.1) is 5.11 Å². The number of hydrogen-bond acceptors (Lipinski definition) is 10. The number of sulfonamides is 1. The Hall–Kier alpha value is -2.74. The van der Waals surface area contributed by atoms with Gasteiger partial charge in [0, 0.05) is 17.8 Å². The number of nitrogens with two attached hydrogens (primary N) is 2. The summed E-state index contributed by atoms with van der Waals surface area (Å²) in [4.78, 5) is 7.26. The van der Waals surface area contributed by atoms with E-state index in [0.717, 1.165) is 19.4 Å². The number of nitrogens with one attached hydrogen (secondary N) is 1. The largest absolute Gasteiger partial charge is 0.384 e. The minimum absolute atomic E-state index is 0.00312. The van der Waals surface area contributed by atoms with E-state index in [4.69, 9.17) is 10.9 Å².